The molecule has 0 unspecified atom stereocenters. The van der Waals surface area contributed by atoms with Gasteiger partial charge < -0.3 is 14.8 Å². The summed E-state index contributed by atoms with van der Waals surface area (Å²) >= 11 is 5.61. The summed E-state index contributed by atoms with van der Waals surface area (Å²) in [5.41, 5.74) is 0.191. The molecule has 0 aliphatic carbocycles. The number of carbonyl (C=O) groups excluding carboxylic acids is 1. The fourth-order valence-electron chi connectivity index (χ4n) is 1.44. The van der Waals surface area contributed by atoms with Crippen LogP contribution >= 0.6 is 11.6 Å². The van der Waals surface area contributed by atoms with Crippen LogP contribution in [0.1, 0.15) is 13.8 Å². The molecule has 1 aliphatic heterocycles. The van der Waals surface area contributed by atoms with Crippen molar-refractivity contribution < 1.29 is 14.3 Å². The van der Waals surface area contributed by atoms with Crippen molar-refractivity contribution in [1.82, 2.24) is 10.2 Å². The molecule has 6 nitrogen and oxygen atoms in total. The molecule has 2 heterocycles. The second-order valence-electron chi connectivity index (χ2n) is 4.26. The van der Waals surface area contributed by atoms with Gasteiger partial charge in [0.1, 0.15) is 11.3 Å². The van der Waals surface area contributed by atoms with Gasteiger partial charge in [-0.05, 0) is 12.1 Å². The van der Waals surface area contributed by atoms with Crippen LogP contribution in [0.5, 0.6) is 0 Å². The van der Waals surface area contributed by atoms with E-state index < -0.39 is 11.8 Å². The van der Waals surface area contributed by atoms with Crippen LogP contribution in [0.15, 0.2) is 36.2 Å². The van der Waals surface area contributed by atoms with Gasteiger partial charge in [-0.1, -0.05) is 18.2 Å². The predicted octanol–water partition coefficient (Wildman–Crippen LogP) is 2.25. The monoisotopic (exact) mass is 281 g/mol. The van der Waals surface area contributed by atoms with Crippen LogP contribution in [0, 0.1) is 0 Å². The quantitative estimate of drug-likeness (QED) is 0.662. The molecule has 1 aliphatic rings. The minimum atomic E-state index is -1.01. The zero-order valence-corrected chi connectivity index (χ0v) is 11.2. The lowest BCUT2D eigenvalue weighted by atomic mass is 10.2. The molecule has 0 spiro atoms. The highest BCUT2D eigenvalue weighted by atomic mass is 35.5. The molecule has 7 heteroatoms. The van der Waals surface area contributed by atoms with Crippen molar-refractivity contribution in [3.8, 4) is 0 Å². The topological polar surface area (TPSA) is 73.3 Å². The highest BCUT2D eigenvalue weighted by Gasteiger charge is 2.35. The van der Waals surface area contributed by atoms with Gasteiger partial charge in [-0.15, -0.1) is 10.2 Å². The van der Waals surface area contributed by atoms with Crippen molar-refractivity contribution in [1.29, 1.82) is 0 Å². The standard InChI is InChI=1S/C12H12ClN3O3/c1-7-8(11(17)19-12(2,3)18-7)6-14-10-5-4-9(13)15-16-10/h4-6H,1H2,2-3H3,(H,14,16)/b8-6+. The van der Waals surface area contributed by atoms with E-state index in [9.17, 15) is 4.79 Å². The minimum Gasteiger partial charge on any atom is -0.452 e. The highest BCUT2D eigenvalue weighted by Crippen LogP contribution is 2.28. The Balaban J connectivity index is 2.13. The third kappa shape index (κ3) is 3.23. The van der Waals surface area contributed by atoms with Crippen LogP contribution in [0.2, 0.25) is 5.15 Å². The van der Waals surface area contributed by atoms with Crippen LogP contribution in [-0.4, -0.2) is 22.0 Å². The molecule has 0 radical (unpaired) electrons. The maximum atomic E-state index is 11.8. The van der Waals surface area contributed by atoms with E-state index in [1.54, 1.807) is 26.0 Å². The largest absolute Gasteiger partial charge is 0.452 e. The van der Waals surface area contributed by atoms with E-state index in [0.717, 1.165) is 0 Å². The number of anilines is 1. The number of halogens is 1. The Hall–Kier alpha value is -2.08. The molecule has 1 aromatic heterocycles. The van der Waals surface area contributed by atoms with Crippen LogP contribution in [0.4, 0.5) is 5.82 Å². The first-order valence-electron chi connectivity index (χ1n) is 5.45. The molecule has 0 saturated carbocycles. The smallest absolute Gasteiger partial charge is 0.346 e. The van der Waals surface area contributed by atoms with Crippen LogP contribution in [-0.2, 0) is 14.3 Å². The number of aromatic nitrogens is 2. The van der Waals surface area contributed by atoms with Gasteiger partial charge in [0, 0.05) is 20.0 Å². The average Bonchev–Trinajstić information content (AvgIpc) is 2.29. The summed E-state index contributed by atoms with van der Waals surface area (Å²) in [7, 11) is 0. The molecule has 19 heavy (non-hydrogen) atoms. The van der Waals surface area contributed by atoms with Crippen LogP contribution in [0.25, 0.3) is 0 Å². The summed E-state index contributed by atoms with van der Waals surface area (Å²) in [5.74, 6) is -0.861. The van der Waals surface area contributed by atoms with Gasteiger partial charge in [-0.25, -0.2) is 4.79 Å². The Bertz CT molecular complexity index is 530. The van der Waals surface area contributed by atoms with Gasteiger partial charge in [0.15, 0.2) is 11.0 Å². The second-order valence-corrected chi connectivity index (χ2v) is 4.65. The summed E-state index contributed by atoms with van der Waals surface area (Å²) in [4.78, 5) is 11.8. The van der Waals surface area contributed by atoms with Crippen molar-refractivity contribution >= 4 is 23.4 Å². The molecule has 2 rings (SSSR count). The van der Waals surface area contributed by atoms with Crippen molar-refractivity contribution in [2.24, 2.45) is 0 Å². The highest BCUT2D eigenvalue weighted by molar-refractivity contribution is 6.29. The van der Waals surface area contributed by atoms with E-state index in [0.29, 0.717) is 5.82 Å². The summed E-state index contributed by atoms with van der Waals surface area (Å²) in [6.45, 7) is 6.94. The number of rotatable bonds is 2. The summed E-state index contributed by atoms with van der Waals surface area (Å²) < 4.78 is 10.4. The zero-order chi connectivity index (χ0) is 14.0. The van der Waals surface area contributed by atoms with E-state index in [1.807, 2.05) is 0 Å². The first-order chi connectivity index (χ1) is 8.87. The molecule has 100 valence electrons. The first kappa shape index (κ1) is 13.4. The molecule has 1 fully saturated rings. The molecule has 1 aromatic rings. The Labute approximate surface area is 115 Å². The van der Waals surface area contributed by atoms with Gasteiger partial charge in [-0.3, -0.25) is 0 Å². The van der Waals surface area contributed by atoms with Crippen LogP contribution < -0.4 is 5.32 Å². The number of cyclic esters (lactones) is 1. The molecule has 0 amide bonds. The molecular weight excluding hydrogens is 270 g/mol. The lowest BCUT2D eigenvalue weighted by Crippen LogP contribution is -2.37. The molecule has 0 bridgehead atoms. The fraction of sp³-hybridized carbons (Fsp3) is 0.250. The van der Waals surface area contributed by atoms with E-state index >= 15 is 0 Å². The number of esters is 1. The third-order valence-corrected chi connectivity index (χ3v) is 2.43. The Morgan fingerprint density at radius 3 is 2.68 bits per heavy atom. The van der Waals surface area contributed by atoms with Gasteiger partial charge >= 0.3 is 5.97 Å². The van der Waals surface area contributed by atoms with E-state index in [4.69, 9.17) is 21.1 Å². The van der Waals surface area contributed by atoms with E-state index in [1.165, 1.54) is 6.20 Å². The normalized spacial score (nSPS) is 19.8. The summed E-state index contributed by atoms with van der Waals surface area (Å²) in [6.07, 6.45) is 1.40. The molecule has 1 N–H and O–H groups in total. The second kappa shape index (κ2) is 4.89. The van der Waals surface area contributed by atoms with Gasteiger partial charge in [-0.2, -0.15) is 0 Å². The average molecular weight is 282 g/mol. The number of ether oxygens (including phenoxy) is 2. The molecular formula is C12H12ClN3O3. The maximum absolute atomic E-state index is 11.8. The molecule has 0 aromatic carbocycles. The SMILES string of the molecule is C=C1OC(C)(C)OC(=O)/C1=C/Nc1ccc(Cl)nn1. The minimum absolute atomic E-state index is 0.191. The third-order valence-electron chi connectivity index (χ3n) is 2.22. The van der Waals surface area contributed by atoms with Crippen molar-refractivity contribution in [3.05, 3.63) is 41.4 Å². The van der Waals surface area contributed by atoms with Crippen LogP contribution in [0.3, 0.4) is 0 Å². The number of hydrogen-bond acceptors (Lipinski definition) is 6. The summed E-state index contributed by atoms with van der Waals surface area (Å²) in [5, 5.41) is 10.5. The summed E-state index contributed by atoms with van der Waals surface area (Å²) in [6, 6.07) is 3.19. The number of nitrogens with one attached hydrogen (secondary N) is 1. The van der Waals surface area contributed by atoms with Gasteiger partial charge in [0.05, 0.1) is 0 Å². The Morgan fingerprint density at radius 2 is 2.11 bits per heavy atom. The predicted molar refractivity (Wildman–Crippen MR) is 69.1 cm³/mol. The van der Waals surface area contributed by atoms with Gasteiger partial charge in [0.2, 0.25) is 5.79 Å². The van der Waals surface area contributed by atoms with Crippen molar-refractivity contribution in [2.45, 2.75) is 19.6 Å². The van der Waals surface area contributed by atoms with E-state index in [-0.39, 0.29) is 16.5 Å². The Morgan fingerprint density at radius 1 is 1.37 bits per heavy atom. The number of hydrogen-bond donors (Lipinski definition) is 1. The maximum Gasteiger partial charge on any atom is 0.346 e. The first-order valence-corrected chi connectivity index (χ1v) is 5.83. The van der Waals surface area contributed by atoms with E-state index in [2.05, 4.69) is 22.1 Å². The fourth-order valence-corrected chi connectivity index (χ4v) is 1.54. The van der Waals surface area contributed by atoms with Gasteiger partial charge in [0.25, 0.3) is 0 Å². The lowest BCUT2D eigenvalue weighted by Gasteiger charge is -2.32. The number of nitrogens with zero attached hydrogens (tertiary/aromatic N) is 2. The zero-order valence-electron chi connectivity index (χ0n) is 10.4. The van der Waals surface area contributed by atoms with Crippen molar-refractivity contribution in [3.63, 3.8) is 0 Å². The van der Waals surface area contributed by atoms with Crippen molar-refractivity contribution in [2.75, 3.05) is 5.32 Å². The number of carbonyl (C=O) groups is 1. The Kier molecular flexibility index (Phi) is 3.44. The lowest BCUT2D eigenvalue weighted by molar-refractivity contribution is -0.208. The molecule has 0 atom stereocenters. The molecule has 1 saturated heterocycles.